The highest BCUT2D eigenvalue weighted by Crippen LogP contribution is 2.22. The van der Waals surface area contributed by atoms with Crippen LogP contribution in [0.15, 0.2) is 24.3 Å². The van der Waals surface area contributed by atoms with Crippen LogP contribution in [-0.2, 0) is 0 Å². The first-order valence-electron chi connectivity index (χ1n) is 4.74. The highest BCUT2D eigenvalue weighted by molar-refractivity contribution is 6.32. The summed E-state index contributed by atoms with van der Waals surface area (Å²) in [4.78, 5) is 10.8. The molecule has 4 nitrogen and oxygen atoms in total. The predicted molar refractivity (Wildman–Crippen MR) is 60.2 cm³/mol. The number of hydrogen-bond acceptors (Lipinski definition) is 2. The van der Waals surface area contributed by atoms with Gasteiger partial charge < -0.3 is 5.11 Å². The molecule has 1 aromatic carbocycles. The molecule has 0 fully saturated rings. The van der Waals surface area contributed by atoms with Crippen molar-refractivity contribution in [1.82, 2.24) is 9.78 Å². The Bertz CT molecular complexity index is 595. The molecule has 2 rings (SSSR count). The summed E-state index contributed by atoms with van der Waals surface area (Å²) in [5, 5.41) is 13.0. The molecule has 88 valence electrons. The van der Waals surface area contributed by atoms with Gasteiger partial charge in [0.1, 0.15) is 5.82 Å². The van der Waals surface area contributed by atoms with Gasteiger partial charge in [0.15, 0.2) is 5.69 Å². The monoisotopic (exact) mass is 254 g/mol. The van der Waals surface area contributed by atoms with Crippen molar-refractivity contribution in [2.45, 2.75) is 6.92 Å². The molecule has 0 aliphatic rings. The van der Waals surface area contributed by atoms with Crippen molar-refractivity contribution < 1.29 is 14.3 Å². The Morgan fingerprint density at radius 3 is 2.76 bits per heavy atom. The number of halogens is 2. The third-order valence-electron chi connectivity index (χ3n) is 2.24. The van der Waals surface area contributed by atoms with Crippen LogP contribution in [0, 0.1) is 12.7 Å². The maximum atomic E-state index is 13.1. The second kappa shape index (κ2) is 4.18. The van der Waals surface area contributed by atoms with Gasteiger partial charge in [-0.15, -0.1) is 0 Å². The Labute approximate surface area is 101 Å². The van der Waals surface area contributed by atoms with Crippen molar-refractivity contribution in [3.63, 3.8) is 0 Å². The molecule has 0 amide bonds. The molecule has 0 aliphatic heterocycles. The van der Waals surface area contributed by atoms with E-state index < -0.39 is 11.8 Å². The van der Waals surface area contributed by atoms with Crippen LogP contribution < -0.4 is 0 Å². The summed E-state index contributed by atoms with van der Waals surface area (Å²) in [6.07, 6.45) is 0. The van der Waals surface area contributed by atoms with Gasteiger partial charge in [0.2, 0.25) is 0 Å². The standard InChI is InChI=1S/C11H8ClFN2O2/c1-6-4-9(11(16)17)14-15(6)10-5-7(13)2-3-8(10)12/h2-5H,1H3,(H,16,17). The number of aryl methyl sites for hydroxylation is 1. The lowest BCUT2D eigenvalue weighted by molar-refractivity contribution is 0.0690. The van der Waals surface area contributed by atoms with Crippen LogP contribution in [0.1, 0.15) is 16.2 Å². The first kappa shape index (κ1) is 11.6. The minimum atomic E-state index is -1.14. The summed E-state index contributed by atoms with van der Waals surface area (Å²) in [6.45, 7) is 1.67. The Morgan fingerprint density at radius 1 is 1.47 bits per heavy atom. The molecule has 17 heavy (non-hydrogen) atoms. The zero-order chi connectivity index (χ0) is 12.6. The Kier molecular flexibility index (Phi) is 2.85. The van der Waals surface area contributed by atoms with Gasteiger partial charge in [-0.2, -0.15) is 5.10 Å². The van der Waals surface area contributed by atoms with E-state index in [0.29, 0.717) is 16.4 Å². The lowest BCUT2D eigenvalue weighted by Gasteiger charge is -2.06. The Hall–Kier alpha value is -1.88. The van der Waals surface area contributed by atoms with Crippen LogP contribution >= 0.6 is 11.6 Å². The van der Waals surface area contributed by atoms with Crippen molar-refractivity contribution in [3.8, 4) is 5.69 Å². The van der Waals surface area contributed by atoms with Gasteiger partial charge in [-0.05, 0) is 25.1 Å². The molecule has 0 saturated heterocycles. The number of nitrogens with zero attached hydrogens (tertiary/aromatic N) is 2. The van der Waals surface area contributed by atoms with E-state index in [2.05, 4.69) is 5.10 Å². The van der Waals surface area contributed by atoms with E-state index in [-0.39, 0.29) is 5.69 Å². The van der Waals surface area contributed by atoms with Gasteiger partial charge in [0.25, 0.3) is 0 Å². The van der Waals surface area contributed by atoms with Crippen LogP contribution in [0.3, 0.4) is 0 Å². The average molecular weight is 255 g/mol. The topological polar surface area (TPSA) is 55.1 Å². The van der Waals surface area contributed by atoms with E-state index in [9.17, 15) is 9.18 Å². The summed E-state index contributed by atoms with van der Waals surface area (Å²) in [5.41, 5.74) is 0.773. The van der Waals surface area contributed by atoms with Crippen LogP contribution in [0.25, 0.3) is 5.69 Å². The molecule has 1 N–H and O–H groups in total. The number of carbonyl (C=O) groups is 1. The molecule has 2 aromatic rings. The van der Waals surface area contributed by atoms with Crippen molar-refractivity contribution in [2.24, 2.45) is 0 Å². The number of carboxylic acid groups (broad SMARTS) is 1. The molecule has 0 saturated carbocycles. The van der Waals surface area contributed by atoms with Gasteiger partial charge in [0, 0.05) is 11.8 Å². The quantitative estimate of drug-likeness (QED) is 0.896. The SMILES string of the molecule is Cc1cc(C(=O)O)nn1-c1cc(F)ccc1Cl. The molecule has 0 radical (unpaired) electrons. The normalized spacial score (nSPS) is 10.5. The van der Waals surface area contributed by atoms with Crippen LogP contribution in [0.2, 0.25) is 5.02 Å². The highest BCUT2D eigenvalue weighted by Gasteiger charge is 2.14. The fraction of sp³-hybridized carbons (Fsp3) is 0.0909. The number of aromatic nitrogens is 2. The minimum absolute atomic E-state index is 0.108. The maximum Gasteiger partial charge on any atom is 0.356 e. The number of aromatic carboxylic acids is 1. The fourth-order valence-electron chi connectivity index (χ4n) is 1.47. The molecule has 0 unspecified atom stereocenters. The average Bonchev–Trinajstić information content (AvgIpc) is 2.64. The van der Waals surface area contributed by atoms with E-state index in [0.717, 1.165) is 0 Å². The summed E-state index contributed by atoms with van der Waals surface area (Å²) in [7, 11) is 0. The van der Waals surface area contributed by atoms with Gasteiger partial charge in [-0.25, -0.2) is 13.9 Å². The third-order valence-corrected chi connectivity index (χ3v) is 2.56. The number of rotatable bonds is 2. The first-order chi connectivity index (χ1) is 7.99. The van der Waals surface area contributed by atoms with Crippen molar-refractivity contribution in [3.05, 3.63) is 46.5 Å². The van der Waals surface area contributed by atoms with E-state index in [1.54, 1.807) is 6.92 Å². The first-order valence-corrected chi connectivity index (χ1v) is 5.12. The molecule has 0 atom stereocenters. The van der Waals surface area contributed by atoms with Gasteiger partial charge in [-0.1, -0.05) is 11.6 Å². The van der Waals surface area contributed by atoms with E-state index in [1.165, 1.54) is 28.9 Å². The van der Waals surface area contributed by atoms with E-state index in [4.69, 9.17) is 16.7 Å². The minimum Gasteiger partial charge on any atom is -0.476 e. The lowest BCUT2D eigenvalue weighted by atomic mass is 10.3. The molecular formula is C11H8ClFN2O2. The predicted octanol–water partition coefficient (Wildman–Crippen LogP) is 2.67. The molecule has 6 heteroatoms. The molecule has 0 bridgehead atoms. The fourth-order valence-corrected chi connectivity index (χ4v) is 1.67. The smallest absolute Gasteiger partial charge is 0.356 e. The molecule has 0 spiro atoms. The number of carboxylic acids is 1. The van der Waals surface area contributed by atoms with E-state index >= 15 is 0 Å². The Balaban J connectivity index is 2.60. The highest BCUT2D eigenvalue weighted by atomic mass is 35.5. The zero-order valence-corrected chi connectivity index (χ0v) is 9.57. The van der Waals surface area contributed by atoms with Crippen LogP contribution in [0.4, 0.5) is 4.39 Å². The van der Waals surface area contributed by atoms with Crippen molar-refractivity contribution in [2.75, 3.05) is 0 Å². The van der Waals surface area contributed by atoms with Gasteiger partial charge in [0.05, 0.1) is 10.7 Å². The summed E-state index contributed by atoms with van der Waals surface area (Å²) >= 11 is 5.92. The van der Waals surface area contributed by atoms with Crippen molar-refractivity contribution >= 4 is 17.6 Å². The second-order valence-electron chi connectivity index (χ2n) is 3.48. The lowest BCUT2D eigenvalue weighted by Crippen LogP contribution is -2.03. The number of hydrogen-bond donors (Lipinski definition) is 1. The molecular weight excluding hydrogens is 247 g/mol. The third kappa shape index (κ3) is 2.14. The molecule has 1 heterocycles. The van der Waals surface area contributed by atoms with Crippen LogP contribution in [-0.4, -0.2) is 20.9 Å². The van der Waals surface area contributed by atoms with Gasteiger partial charge >= 0.3 is 5.97 Å². The largest absolute Gasteiger partial charge is 0.476 e. The van der Waals surface area contributed by atoms with Crippen LogP contribution in [0.5, 0.6) is 0 Å². The summed E-state index contributed by atoms with van der Waals surface area (Å²) in [5.74, 6) is -1.60. The summed E-state index contributed by atoms with van der Waals surface area (Å²) in [6, 6.07) is 5.22. The maximum absolute atomic E-state index is 13.1. The van der Waals surface area contributed by atoms with E-state index in [1.807, 2.05) is 0 Å². The van der Waals surface area contributed by atoms with Gasteiger partial charge in [-0.3, -0.25) is 0 Å². The Morgan fingerprint density at radius 2 is 2.18 bits per heavy atom. The zero-order valence-electron chi connectivity index (χ0n) is 8.82. The summed E-state index contributed by atoms with van der Waals surface area (Å²) < 4.78 is 14.4. The molecule has 0 aliphatic carbocycles. The molecule has 1 aromatic heterocycles. The van der Waals surface area contributed by atoms with Crippen molar-refractivity contribution in [1.29, 1.82) is 0 Å². The number of benzene rings is 1. The second-order valence-corrected chi connectivity index (χ2v) is 3.89.